The number of ether oxygens (including phenoxy) is 1. The summed E-state index contributed by atoms with van der Waals surface area (Å²) in [5.41, 5.74) is 1.30. The van der Waals surface area contributed by atoms with Gasteiger partial charge in [-0.1, -0.05) is 24.3 Å². The number of morpholine rings is 1. The fourth-order valence-electron chi connectivity index (χ4n) is 2.84. The third-order valence-corrected chi connectivity index (χ3v) is 4.64. The Balaban J connectivity index is 1.81. The summed E-state index contributed by atoms with van der Waals surface area (Å²) in [7, 11) is -3.50. The molecule has 1 unspecified atom stereocenters. The van der Waals surface area contributed by atoms with E-state index in [0.717, 1.165) is 11.8 Å². The van der Waals surface area contributed by atoms with Gasteiger partial charge in [0.15, 0.2) is 0 Å². The van der Waals surface area contributed by atoms with E-state index < -0.39 is 10.0 Å². The van der Waals surface area contributed by atoms with Gasteiger partial charge in [-0.2, -0.15) is 0 Å². The summed E-state index contributed by atoms with van der Waals surface area (Å²) in [4.78, 5) is 14.5. The zero-order chi connectivity index (χ0) is 18.7. The number of hydrogen-bond acceptors (Lipinski definition) is 4. The average Bonchev–Trinajstić information content (AvgIpc) is 2.61. The number of hydrogen-bond donors (Lipinski definition) is 1. The van der Waals surface area contributed by atoms with Gasteiger partial charge >= 0.3 is 0 Å². The fourth-order valence-corrected chi connectivity index (χ4v) is 3.42. The molecule has 1 fully saturated rings. The molecule has 0 bridgehead atoms. The van der Waals surface area contributed by atoms with E-state index in [9.17, 15) is 17.6 Å². The standard InChI is InChI=1S/C18H19FN2O4S/c1-26(23,24)20-16-5-3-2-4-15(16)18(22)21-10-11-25-17(12-21)13-6-8-14(19)9-7-13/h2-9,17,20H,10-12H2,1H3. The second-order valence-electron chi connectivity index (χ2n) is 6.08. The van der Waals surface area contributed by atoms with Crippen LogP contribution in [-0.2, 0) is 14.8 Å². The maximum Gasteiger partial charge on any atom is 0.256 e. The largest absolute Gasteiger partial charge is 0.370 e. The average molecular weight is 378 g/mol. The van der Waals surface area contributed by atoms with Crippen molar-refractivity contribution >= 4 is 21.6 Å². The van der Waals surface area contributed by atoms with Crippen LogP contribution in [0.4, 0.5) is 10.1 Å². The lowest BCUT2D eigenvalue weighted by Gasteiger charge is -2.33. The topological polar surface area (TPSA) is 75.7 Å². The zero-order valence-corrected chi connectivity index (χ0v) is 15.0. The summed E-state index contributed by atoms with van der Waals surface area (Å²) in [5, 5.41) is 0. The maximum absolute atomic E-state index is 13.1. The van der Waals surface area contributed by atoms with Crippen LogP contribution in [0, 0.1) is 5.82 Å². The quantitative estimate of drug-likeness (QED) is 0.887. The van der Waals surface area contributed by atoms with Gasteiger partial charge in [0.1, 0.15) is 11.9 Å². The van der Waals surface area contributed by atoms with Gasteiger partial charge in [0.25, 0.3) is 5.91 Å². The highest BCUT2D eigenvalue weighted by Gasteiger charge is 2.27. The fraction of sp³-hybridized carbons (Fsp3) is 0.278. The monoisotopic (exact) mass is 378 g/mol. The number of para-hydroxylation sites is 1. The lowest BCUT2D eigenvalue weighted by Crippen LogP contribution is -2.42. The number of halogens is 1. The van der Waals surface area contributed by atoms with Crippen LogP contribution in [0.1, 0.15) is 22.0 Å². The third-order valence-electron chi connectivity index (χ3n) is 4.05. The van der Waals surface area contributed by atoms with E-state index >= 15 is 0 Å². The summed E-state index contributed by atoms with van der Waals surface area (Å²) in [6.45, 7) is 1.04. The molecule has 0 spiro atoms. The molecule has 1 aliphatic heterocycles. The van der Waals surface area contributed by atoms with Crippen LogP contribution in [0.2, 0.25) is 0 Å². The van der Waals surface area contributed by atoms with E-state index in [1.165, 1.54) is 12.1 Å². The minimum Gasteiger partial charge on any atom is -0.370 e. The van der Waals surface area contributed by atoms with Crippen molar-refractivity contribution in [3.63, 3.8) is 0 Å². The molecule has 6 nitrogen and oxygen atoms in total. The van der Waals surface area contributed by atoms with Gasteiger partial charge in [-0.15, -0.1) is 0 Å². The summed E-state index contributed by atoms with van der Waals surface area (Å²) >= 11 is 0. The van der Waals surface area contributed by atoms with Gasteiger partial charge in [0.05, 0.1) is 30.7 Å². The molecule has 1 heterocycles. The van der Waals surface area contributed by atoms with Crippen LogP contribution in [0.15, 0.2) is 48.5 Å². The molecule has 0 aromatic heterocycles. The van der Waals surface area contributed by atoms with Crippen LogP contribution < -0.4 is 4.72 Å². The molecule has 0 radical (unpaired) electrons. The lowest BCUT2D eigenvalue weighted by atomic mass is 10.1. The van der Waals surface area contributed by atoms with Crippen molar-refractivity contribution in [2.24, 2.45) is 0 Å². The van der Waals surface area contributed by atoms with Crippen molar-refractivity contribution in [3.8, 4) is 0 Å². The van der Waals surface area contributed by atoms with Crippen molar-refractivity contribution in [1.82, 2.24) is 4.90 Å². The van der Waals surface area contributed by atoms with Gasteiger partial charge in [0.2, 0.25) is 10.0 Å². The number of carbonyl (C=O) groups excluding carboxylic acids is 1. The first kappa shape index (κ1) is 18.3. The Morgan fingerprint density at radius 3 is 2.58 bits per heavy atom. The SMILES string of the molecule is CS(=O)(=O)Nc1ccccc1C(=O)N1CCOC(c2ccc(F)cc2)C1. The van der Waals surface area contributed by atoms with Crippen molar-refractivity contribution < 1.29 is 22.3 Å². The van der Waals surface area contributed by atoms with Crippen LogP contribution in [-0.4, -0.2) is 45.2 Å². The van der Waals surface area contributed by atoms with E-state index in [-0.39, 0.29) is 29.1 Å². The number of nitrogens with one attached hydrogen (secondary N) is 1. The molecule has 1 amide bonds. The smallest absolute Gasteiger partial charge is 0.256 e. The molecule has 2 aromatic carbocycles. The molecular weight excluding hydrogens is 359 g/mol. The number of rotatable bonds is 4. The Kier molecular flexibility index (Phi) is 5.24. The molecule has 2 aromatic rings. The van der Waals surface area contributed by atoms with Crippen LogP contribution in [0.25, 0.3) is 0 Å². The highest BCUT2D eigenvalue weighted by molar-refractivity contribution is 7.92. The van der Waals surface area contributed by atoms with E-state index in [0.29, 0.717) is 19.7 Å². The molecule has 3 rings (SSSR count). The first-order chi connectivity index (χ1) is 12.3. The molecule has 1 saturated heterocycles. The van der Waals surface area contributed by atoms with E-state index in [1.54, 1.807) is 41.3 Å². The highest BCUT2D eigenvalue weighted by atomic mass is 32.2. The summed E-state index contributed by atoms with van der Waals surface area (Å²) < 4.78 is 44.2. The lowest BCUT2D eigenvalue weighted by molar-refractivity contribution is -0.0228. The van der Waals surface area contributed by atoms with Gasteiger partial charge < -0.3 is 9.64 Å². The predicted molar refractivity (Wildman–Crippen MR) is 95.9 cm³/mol. The number of anilines is 1. The minimum absolute atomic E-state index is 0.241. The first-order valence-corrected chi connectivity index (χ1v) is 9.96. The zero-order valence-electron chi connectivity index (χ0n) is 14.2. The van der Waals surface area contributed by atoms with Gasteiger partial charge in [0, 0.05) is 6.54 Å². The highest BCUT2D eigenvalue weighted by Crippen LogP contribution is 2.25. The van der Waals surface area contributed by atoms with Crippen molar-refractivity contribution in [1.29, 1.82) is 0 Å². The molecule has 1 aliphatic rings. The predicted octanol–water partition coefficient (Wildman–Crippen LogP) is 2.41. The molecule has 1 N–H and O–H groups in total. The molecule has 138 valence electrons. The van der Waals surface area contributed by atoms with E-state index in [1.807, 2.05) is 0 Å². The number of benzene rings is 2. The molecule has 0 saturated carbocycles. The molecule has 0 aliphatic carbocycles. The molecular formula is C18H19FN2O4S. The second kappa shape index (κ2) is 7.43. The maximum atomic E-state index is 13.1. The van der Waals surface area contributed by atoms with Gasteiger partial charge in [-0.3, -0.25) is 9.52 Å². The van der Waals surface area contributed by atoms with Crippen molar-refractivity contribution in [2.45, 2.75) is 6.10 Å². The number of amides is 1. The molecule has 8 heteroatoms. The Labute approximate surface area is 151 Å². The first-order valence-electron chi connectivity index (χ1n) is 8.06. The van der Waals surface area contributed by atoms with Crippen LogP contribution >= 0.6 is 0 Å². The number of sulfonamides is 1. The Morgan fingerprint density at radius 1 is 1.19 bits per heavy atom. The van der Waals surface area contributed by atoms with Crippen molar-refractivity contribution in [2.75, 3.05) is 30.7 Å². The molecule has 26 heavy (non-hydrogen) atoms. The van der Waals surface area contributed by atoms with Gasteiger partial charge in [-0.25, -0.2) is 12.8 Å². The van der Waals surface area contributed by atoms with E-state index in [4.69, 9.17) is 4.74 Å². The Bertz CT molecular complexity index is 900. The van der Waals surface area contributed by atoms with Crippen molar-refractivity contribution in [3.05, 3.63) is 65.5 Å². The van der Waals surface area contributed by atoms with E-state index in [2.05, 4.69) is 4.72 Å². The molecule has 1 atom stereocenters. The Hall–Kier alpha value is -2.45. The Morgan fingerprint density at radius 2 is 1.88 bits per heavy atom. The number of nitrogens with zero attached hydrogens (tertiary/aromatic N) is 1. The van der Waals surface area contributed by atoms with Gasteiger partial charge in [-0.05, 0) is 29.8 Å². The third kappa shape index (κ3) is 4.39. The van der Waals surface area contributed by atoms with Crippen LogP contribution in [0.5, 0.6) is 0 Å². The minimum atomic E-state index is -3.50. The van der Waals surface area contributed by atoms with Crippen LogP contribution in [0.3, 0.4) is 0 Å². The summed E-state index contributed by atoms with van der Waals surface area (Å²) in [6.07, 6.45) is 0.677. The summed E-state index contributed by atoms with van der Waals surface area (Å²) in [5.74, 6) is -0.620. The normalized spacial score (nSPS) is 17.8. The second-order valence-corrected chi connectivity index (χ2v) is 7.83. The summed E-state index contributed by atoms with van der Waals surface area (Å²) in [6, 6.07) is 12.4. The number of carbonyl (C=O) groups is 1.